The van der Waals surface area contributed by atoms with Gasteiger partial charge in [0.25, 0.3) is 0 Å². The van der Waals surface area contributed by atoms with E-state index in [4.69, 9.17) is 12.2 Å². The summed E-state index contributed by atoms with van der Waals surface area (Å²) in [5, 5.41) is 2.15. The van der Waals surface area contributed by atoms with Crippen molar-refractivity contribution in [3.8, 4) is 0 Å². The zero-order valence-corrected chi connectivity index (χ0v) is 13.3. The minimum Gasteiger partial charge on any atom is -0.149 e. The van der Waals surface area contributed by atoms with Gasteiger partial charge in [-0.1, -0.05) is 63.7 Å². The molecule has 0 unspecified atom stereocenters. The van der Waals surface area contributed by atoms with Gasteiger partial charge in [0.15, 0.2) is 0 Å². The van der Waals surface area contributed by atoms with E-state index >= 15 is 0 Å². The van der Waals surface area contributed by atoms with Crippen LogP contribution in [0.4, 0.5) is 0 Å². The van der Waals surface area contributed by atoms with Gasteiger partial charge in [0.05, 0.1) is 0 Å². The standard InChI is InChI=1S/C16H26S2/c1-2-3-4-5-6-7-8-10-15(17)12-13-16-11-9-14-18-16/h9,11,14H,2-8,10,12-13H2,1H3. The molecule has 0 nitrogen and oxygen atoms in total. The van der Waals surface area contributed by atoms with Crippen LogP contribution in [0.3, 0.4) is 0 Å². The van der Waals surface area contributed by atoms with Gasteiger partial charge in [0, 0.05) is 4.88 Å². The highest BCUT2D eigenvalue weighted by Crippen LogP contribution is 2.14. The van der Waals surface area contributed by atoms with E-state index in [9.17, 15) is 0 Å². The first-order valence-electron chi connectivity index (χ1n) is 7.37. The number of thiocarbonyl (C=S) groups is 1. The van der Waals surface area contributed by atoms with Gasteiger partial charge in [-0.3, -0.25) is 0 Å². The van der Waals surface area contributed by atoms with Gasteiger partial charge in [0.2, 0.25) is 0 Å². The van der Waals surface area contributed by atoms with E-state index < -0.39 is 0 Å². The van der Waals surface area contributed by atoms with Crippen molar-refractivity contribution < 1.29 is 0 Å². The average molecular weight is 283 g/mol. The summed E-state index contributed by atoms with van der Waals surface area (Å²) in [7, 11) is 0. The van der Waals surface area contributed by atoms with E-state index in [1.807, 2.05) is 11.3 Å². The van der Waals surface area contributed by atoms with Gasteiger partial charge in [-0.2, -0.15) is 0 Å². The fraction of sp³-hybridized carbons (Fsp3) is 0.688. The Morgan fingerprint density at radius 3 is 2.44 bits per heavy atom. The summed E-state index contributed by atoms with van der Waals surface area (Å²) in [5.41, 5.74) is 0. The molecule has 0 radical (unpaired) electrons. The summed E-state index contributed by atoms with van der Waals surface area (Å²) < 4.78 is 0. The number of thiophene rings is 1. The van der Waals surface area contributed by atoms with E-state index in [-0.39, 0.29) is 0 Å². The number of aryl methyl sites for hydroxylation is 1. The molecule has 0 bridgehead atoms. The Labute approximate surface area is 122 Å². The van der Waals surface area contributed by atoms with Crippen molar-refractivity contribution in [2.24, 2.45) is 0 Å². The SMILES string of the molecule is CCCCCCCCCC(=S)CCc1cccs1. The molecule has 0 saturated carbocycles. The highest BCUT2D eigenvalue weighted by atomic mass is 32.1. The molecule has 0 aliphatic carbocycles. The second kappa shape index (κ2) is 10.7. The van der Waals surface area contributed by atoms with Crippen LogP contribution in [0, 0.1) is 0 Å². The third-order valence-electron chi connectivity index (χ3n) is 3.29. The first-order valence-corrected chi connectivity index (χ1v) is 8.65. The summed E-state index contributed by atoms with van der Waals surface area (Å²) in [5.74, 6) is 0. The molecule has 1 aromatic rings. The van der Waals surface area contributed by atoms with Crippen LogP contribution in [0.5, 0.6) is 0 Å². The second-order valence-electron chi connectivity index (χ2n) is 4.99. The van der Waals surface area contributed by atoms with Crippen molar-refractivity contribution in [3.63, 3.8) is 0 Å². The fourth-order valence-corrected chi connectivity index (χ4v) is 3.08. The molecule has 18 heavy (non-hydrogen) atoms. The molecule has 0 spiro atoms. The zero-order valence-electron chi connectivity index (χ0n) is 11.6. The lowest BCUT2D eigenvalue weighted by molar-refractivity contribution is 0.595. The van der Waals surface area contributed by atoms with Crippen molar-refractivity contribution in [2.75, 3.05) is 0 Å². The molecule has 0 aromatic carbocycles. The average Bonchev–Trinajstić information content (AvgIpc) is 2.88. The van der Waals surface area contributed by atoms with E-state index in [1.165, 1.54) is 54.7 Å². The summed E-state index contributed by atoms with van der Waals surface area (Å²) in [4.78, 5) is 2.74. The molecule has 1 heterocycles. The number of hydrogen-bond donors (Lipinski definition) is 0. The van der Waals surface area contributed by atoms with E-state index in [1.54, 1.807) is 0 Å². The molecule has 0 atom stereocenters. The summed E-state index contributed by atoms with van der Waals surface area (Å²) >= 11 is 7.30. The minimum atomic E-state index is 1.10. The van der Waals surface area contributed by atoms with Crippen molar-refractivity contribution in [1.29, 1.82) is 0 Å². The molecule has 2 heteroatoms. The van der Waals surface area contributed by atoms with Crippen molar-refractivity contribution >= 4 is 28.4 Å². The molecule has 102 valence electrons. The topological polar surface area (TPSA) is 0 Å². The lowest BCUT2D eigenvalue weighted by Crippen LogP contribution is -1.96. The van der Waals surface area contributed by atoms with Crippen LogP contribution in [-0.4, -0.2) is 4.86 Å². The zero-order chi connectivity index (χ0) is 13.1. The van der Waals surface area contributed by atoms with Crippen LogP contribution in [0.1, 0.15) is 69.6 Å². The third-order valence-corrected chi connectivity index (χ3v) is 4.63. The molecule has 0 amide bonds. The Bertz CT molecular complexity index is 301. The highest BCUT2D eigenvalue weighted by Gasteiger charge is 2.00. The van der Waals surface area contributed by atoms with Gasteiger partial charge in [-0.15, -0.1) is 11.3 Å². The maximum atomic E-state index is 5.45. The van der Waals surface area contributed by atoms with Gasteiger partial charge in [-0.05, 0) is 42.0 Å². The Hall–Kier alpha value is -0.210. The quantitative estimate of drug-likeness (QED) is 0.344. The first-order chi connectivity index (χ1) is 8.83. The lowest BCUT2D eigenvalue weighted by atomic mass is 10.1. The molecule has 0 aliphatic rings. The number of unbranched alkanes of at least 4 members (excludes halogenated alkanes) is 6. The summed E-state index contributed by atoms with van der Waals surface area (Å²) in [6.45, 7) is 2.27. The monoisotopic (exact) mass is 282 g/mol. The van der Waals surface area contributed by atoms with Crippen molar-refractivity contribution in [2.45, 2.75) is 71.1 Å². The normalized spacial score (nSPS) is 10.7. The molecular formula is C16H26S2. The van der Waals surface area contributed by atoms with Crippen LogP contribution < -0.4 is 0 Å². The van der Waals surface area contributed by atoms with E-state index in [2.05, 4.69) is 24.4 Å². The van der Waals surface area contributed by atoms with Crippen LogP contribution in [-0.2, 0) is 6.42 Å². The maximum Gasteiger partial charge on any atom is 0.00487 e. The van der Waals surface area contributed by atoms with Crippen molar-refractivity contribution in [3.05, 3.63) is 22.4 Å². The summed E-state index contributed by atoms with van der Waals surface area (Å²) in [6, 6.07) is 4.33. The molecule has 0 N–H and O–H groups in total. The number of hydrogen-bond acceptors (Lipinski definition) is 2. The Kier molecular flexibility index (Phi) is 9.41. The van der Waals surface area contributed by atoms with Crippen LogP contribution in [0.2, 0.25) is 0 Å². The Morgan fingerprint density at radius 2 is 1.78 bits per heavy atom. The van der Waals surface area contributed by atoms with Crippen LogP contribution >= 0.6 is 23.6 Å². The molecule has 0 saturated heterocycles. The lowest BCUT2D eigenvalue weighted by Gasteiger charge is -2.03. The molecule has 1 aromatic heterocycles. The smallest absolute Gasteiger partial charge is 0.00487 e. The summed E-state index contributed by atoms with van der Waals surface area (Å²) in [6.07, 6.45) is 13.0. The number of rotatable bonds is 11. The minimum absolute atomic E-state index is 1.10. The van der Waals surface area contributed by atoms with Crippen LogP contribution in [0.15, 0.2) is 17.5 Å². The van der Waals surface area contributed by atoms with Crippen molar-refractivity contribution in [1.82, 2.24) is 0 Å². The Balaban J connectivity index is 1.90. The largest absolute Gasteiger partial charge is 0.149 e. The predicted octanol–water partition coefficient (Wildman–Crippen LogP) is 6.19. The molecular weight excluding hydrogens is 256 g/mol. The van der Waals surface area contributed by atoms with E-state index in [0.717, 1.165) is 19.3 Å². The molecule has 0 fully saturated rings. The fourth-order valence-electron chi connectivity index (χ4n) is 2.12. The third kappa shape index (κ3) is 7.99. The second-order valence-corrected chi connectivity index (χ2v) is 6.60. The van der Waals surface area contributed by atoms with Gasteiger partial charge in [-0.25, -0.2) is 0 Å². The highest BCUT2D eigenvalue weighted by molar-refractivity contribution is 7.80. The van der Waals surface area contributed by atoms with Crippen LogP contribution in [0.25, 0.3) is 0 Å². The maximum absolute atomic E-state index is 5.45. The van der Waals surface area contributed by atoms with Gasteiger partial charge in [0.1, 0.15) is 0 Å². The van der Waals surface area contributed by atoms with Gasteiger partial charge < -0.3 is 0 Å². The van der Waals surface area contributed by atoms with E-state index in [0.29, 0.717) is 0 Å². The molecule has 0 aliphatic heterocycles. The Morgan fingerprint density at radius 1 is 1.06 bits per heavy atom. The first kappa shape index (κ1) is 15.8. The predicted molar refractivity (Wildman–Crippen MR) is 87.8 cm³/mol. The molecule has 1 rings (SSSR count). The van der Waals surface area contributed by atoms with Gasteiger partial charge >= 0.3 is 0 Å².